The van der Waals surface area contributed by atoms with E-state index in [1.165, 1.54) is 6.26 Å². The van der Waals surface area contributed by atoms with Gasteiger partial charge < -0.3 is 14.8 Å². The second-order valence-corrected chi connectivity index (χ2v) is 4.08. The highest BCUT2D eigenvalue weighted by Crippen LogP contribution is 2.20. The summed E-state index contributed by atoms with van der Waals surface area (Å²) in [6.07, 6.45) is 1.50. The molecule has 2 aromatic rings. The van der Waals surface area contributed by atoms with Crippen LogP contribution >= 0.6 is 11.6 Å². The van der Waals surface area contributed by atoms with Gasteiger partial charge in [-0.15, -0.1) is 0 Å². The van der Waals surface area contributed by atoms with Crippen molar-refractivity contribution in [2.24, 2.45) is 0 Å². The smallest absolute Gasteiger partial charge is 0.317 e. The summed E-state index contributed by atoms with van der Waals surface area (Å²) >= 11 is 5.79. The Kier molecular flexibility index (Phi) is 3.96. The average Bonchev–Trinajstić information content (AvgIpc) is 2.78. The molecule has 0 aliphatic carbocycles. The Morgan fingerprint density at radius 3 is 2.78 bits per heavy atom. The molecule has 0 unspecified atom stereocenters. The largest absolute Gasteiger partial charge is 0.480 e. The number of oxazole rings is 1. The van der Waals surface area contributed by atoms with Gasteiger partial charge in [-0.25, -0.2) is 4.98 Å². The molecule has 0 spiro atoms. The molecule has 18 heavy (non-hydrogen) atoms. The summed E-state index contributed by atoms with van der Waals surface area (Å²) in [5.41, 5.74) is 1.48. The molecule has 0 aliphatic heterocycles. The third kappa shape index (κ3) is 3.32. The summed E-state index contributed by atoms with van der Waals surface area (Å²) in [6, 6.07) is 7.12. The van der Waals surface area contributed by atoms with Crippen molar-refractivity contribution in [1.82, 2.24) is 10.3 Å². The van der Waals surface area contributed by atoms with Crippen LogP contribution in [0.4, 0.5) is 0 Å². The molecule has 1 aromatic carbocycles. The van der Waals surface area contributed by atoms with E-state index < -0.39 is 5.97 Å². The maximum Gasteiger partial charge on any atom is 0.317 e. The lowest BCUT2D eigenvalue weighted by Gasteiger charge is -1.96. The molecule has 0 fully saturated rings. The van der Waals surface area contributed by atoms with Gasteiger partial charge in [-0.3, -0.25) is 4.79 Å². The molecule has 0 atom stereocenters. The molecule has 0 saturated carbocycles. The molecule has 0 aliphatic rings. The average molecular weight is 267 g/mol. The summed E-state index contributed by atoms with van der Waals surface area (Å²) in [7, 11) is 0. The molecule has 0 radical (unpaired) electrons. The zero-order valence-electron chi connectivity index (χ0n) is 9.39. The highest BCUT2D eigenvalue weighted by atomic mass is 35.5. The predicted molar refractivity (Wildman–Crippen MR) is 66.3 cm³/mol. The minimum Gasteiger partial charge on any atom is -0.480 e. The molecule has 0 saturated heterocycles. The van der Waals surface area contributed by atoms with Crippen LogP contribution in [0.5, 0.6) is 0 Å². The number of carboxylic acids is 1. The first kappa shape index (κ1) is 12.6. The normalized spacial score (nSPS) is 10.5. The van der Waals surface area contributed by atoms with Crippen LogP contribution in [0.25, 0.3) is 11.5 Å². The topological polar surface area (TPSA) is 75.4 Å². The van der Waals surface area contributed by atoms with Gasteiger partial charge in [0.25, 0.3) is 0 Å². The summed E-state index contributed by atoms with van der Waals surface area (Å²) in [5.74, 6) is -0.421. The fraction of sp³-hybridized carbons (Fsp3) is 0.167. The first-order valence-corrected chi connectivity index (χ1v) is 5.66. The maximum absolute atomic E-state index is 10.3. The van der Waals surface area contributed by atoms with Gasteiger partial charge in [0.2, 0.25) is 5.89 Å². The minimum atomic E-state index is -0.906. The van der Waals surface area contributed by atoms with E-state index in [-0.39, 0.29) is 6.54 Å². The molecular formula is C12H11ClN2O3. The molecule has 6 heteroatoms. The van der Waals surface area contributed by atoms with Gasteiger partial charge in [0, 0.05) is 17.1 Å². The number of nitrogens with one attached hydrogen (secondary N) is 1. The Hall–Kier alpha value is -1.85. The Morgan fingerprint density at radius 1 is 1.39 bits per heavy atom. The van der Waals surface area contributed by atoms with Crippen LogP contribution in [0.1, 0.15) is 5.69 Å². The van der Waals surface area contributed by atoms with Crippen molar-refractivity contribution in [3.05, 3.63) is 41.2 Å². The highest BCUT2D eigenvalue weighted by Gasteiger charge is 2.06. The van der Waals surface area contributed by atoms with E-state index in [9.17, 15) is 4.79 Å². The maximum atomic E-state index is 10.3. The van der Waals surface area contributed by atoms with Gasteiger partial charge in [-0.05, 0) is 24.3 Å². The third-order valence-corrected chi connectivity index (χ3v) is 2.48. The van der Waals surface area contributed by atoms with E-state index >= 15 is 0 Å². The summed E-state index contributed by atoms with van der Waals surface area (Å²) in [5, 5.41) is 11.9. The van der Waals surface area contributed by atoms with Gasteiger partial charge in [0.15, 0.2) is 0 Å². The second-order valence-electron chi connectivity index (χ2n) is 3.65. The summed E-state index contributed by atoms with van der Waals surface area (Å²) in [6.45, 7) is 0.243. The number of hydrogen-bond donors (Lipinski definition) is 2. The number of carboxylic acid groups (broad SMARTS) is 1. The lowest BCUT2D eigenvalue weighted by molar-refractivity contribution is -0.135. The zero-order valence-corrected chi connectivity index (χ0v) is 10.1. The van der Waals surface area contributed by atoms with Crippen LogP contribution in [0.15, 0.2) is 34.9 Å². The lowest BCUT2D eigenvalue weighted by Crippen LogP contribution is -2.21. The van der Waals surface area contributed by atoms with E-state index in [1.54, 1.807) is 12.1 Å². The van der Waals surface area contributed by atoms with Crippen molar-refractivity contribution in [3.63, 3.8) is 0 Å². The van der Waals surface area contributed by atoms with Crippen LogP contribution in [-0.2, 0) is 11.3 Å². The van der Waals surface area contributed by atoms with Crippen LogP contribution < -0.4 is 5.32 Å². The molecule has 5 nitrogen and oxygen atoms in total. The lowest BCUT2D eigenvalue weighted by atomic mass is 10.2. The number of nitrogens with zero attached hydrogens (tertiary/aromatic N) is 1. The number of aromatic nitrogens is 1. The zero-order chi connectivity index (χ0) is 13.0. The van der Waals surface area contributed by atoms with Crippen molar-refractivity contribution >= 4 is 17.6 Å². The third-order valence-electron chi connectivity index (χ3n) is 2.23. The number of benzene rings is 1. The number of aliphatic carboxylic acids is 1. The standard InChI is InChI=1S/C12H11ClN2O3/c13-9-3-1-8(2-4-9)12-15-10(7-18-12)5-14-6-11(16)17/h1-4,7,14H,5-6H2,(H,16,17). The highest BCUT2D eigenvalue weighted by molar-refractivity contribution is 6.30. The van der Waals surface area contributed by atoms with Gasteiger partial charge in [0.1, 0.15) is 6.26 Å². The summed E-state index contributed by atoms with van der Waals surface area (Å²) < 4.78 is 5.31. The fourth-order valence-electron chi connectivity index (χ4n) is 1.41. The van der Waals surface area contributed by atoms with Gasteiger partial charge in [-0.2, -0.15) is 0 Å². The van der Waals surface area contributed by atoms with E-state index in [1.807, 2.05) is 12.1 Å². The van der Waals surface area contributed by atoms with Crippen molar-refractivity contribution in [3.8, 4) is 11.5 Å². The Balaban J connectivity index is 2.01. The van der Waals surface area contributed by atoms with E-state index in [0.29, 0.717) is 23.2 Å². The number of halogens is 1. The van der Waals surface area contributed by atoms with Crippen molar-refractivity contribution in [2.45, 2.75) is 6.54 Å². The van der Waals surface area contributed by atoms with Crippen LogP contribution in [0.3, 0.4) is 0 Å². The molecule has 1 aromatic heterocycles. The monoisotopic (exact) mass is 266 g/mol. The van der Waals surface area contributed by atoms with Gasteiger partial charge in [0.05, 0.1) is 12.2 Å². The molecule has 2 N–H and O–H groups in total. The molecule has 0 amide bonds. The fourth-order valence-corrected chi connectivity index (χ4v) is 1.54. The first-order valence-electron chi connectivity index (χ1n) is 5.28. The van der Waals surface area contributed by atoms with Gasteiger partial charge in [-0.1, -0.05) is 11.6 Å². The van der Waals surface area contributed by atoms with Crippen LogP contribution in [0, 0.1) is 0 Å². The predicted octanol–water partition coefficient (Wildman–Crippen LogP) is 2.17. The number of carbonyl (C=O) groups is 1. The number of rotatable bonds is 5. The van der Waals surface area contributed by atoms with Crippen molar-refractivity contribution in [1.29, 1.82) is 0 Å². The Morgan fingerprint density at radius 2 is 2.11 bits per heavy atom. The molecule has 1 heterocycles. The Bertz CT molecular complexity index is 537. The van der Waals surface area contributed by atoms with E-state index in [0.717, 1.165) is 5.56 Å². The minimum absolute atomic E-state index is 0.108. The summed E-state index contributed by atoms with van der Waals surface area (Å²) in [4.78, 5) is 14.6. The van der Waals surface area contributed by atoms with Crippen LogP contribution in [-0.4, -0.2) is 22.6 Å². The second kappa shape index (κ2) is 5.66. The van der Waals surface area contributed by atoms with Crippen LogP contribution in [0.2, 0.25) is 5.02 Å². The van der Waals surface area contributed by atoms with E-state index in [4.69, 9.17) is 21.1 Å². The molecule has 2 rings (SSSR count). The van der Waals surface area contributed by atoms with Crippen molar-refractivity contribution in [2.75, 3.05) is 6.54 Å². The molecule has 94 valence electrons. The number of hydrogen-bond acceptors (Lipinski definition) is 4. The van der Waals surface area contributed by atoms with Gasteiger partial charge >= 0.3 is 5.97 Å². The van der Waals surface area contributed by atoms with E-state index in [2.05, 4.69) is 10.3 Å². The quantitative estimate of drug-likeness (QED) is 0.867. The molecular weight excluding hydrogens is 256 g/mol. The van der Waals surface area contributed by atoms with Crippen molar-refractivity contribution < 1.29 is 14.3 Å². The molecule has 0 bridgehead atoms. The Labute approximate surface area is 108 Å². The first-order chi connectivity index (χ1) is 8.65. The SMILES string of the molecule is O=C(O)CNCc1coc(-c2ccc(Cl)cc2)n1.